The summed E-state index contributed by atoms with van der Waals surface area (Å²) < 4.78 is 35.7. The third kappa shape index (κ3) is 6.04. The smallest absolute Gasteiger partial charge is 0.254 e. The molecule has 182 valence electrons. The maximum Gasteiger partial charge on any atom is 0.254 e. The van der Waals surface area contributed by atoms with Crippen LogP contribution >= 0.6 is 0 Å². The molecule has 0 fully saturated rings. The van der Waals surface area contributed by atoms with Crippen molar-refractivity contribution in [3.63, 3.8) is 0 Å². The number of hydrogen-bond donors (Lipinski definition) is 3. The second-order valence-electron chi connectivity index (χ2n) is 7.53. The van der Waals surface area contributed by atoms with Gasteiger partial charge in [-0.3, -0.25) is 4.79 Å². The number of nitroso groups, excluding NO2 is 1. The predicted molar refractivity (Wildman–Crippen MR) is 126 cm³/mol. The third-order valence-electron chi connectivity index (χ3n) is 5.30. The summed E-state index contributed by atoms with van der Waals surface area (Å²) in [5.74, 6) is -2.68. The van der Waals surface area contributed by atoms with Crippen molar-refractivity contribution in [1.29, 1.82) is 0 Å². The molecule has 1 amide bonds. The van der Waals surface area contributed by atoms with Crippen LogP contribution in [-0.2, 0) is 22.6 Å². The second-order valence-corrected chi connectivity index (χ2v) is 7.53. The number of nitrogens with two attached hydrogens (primary N) is 1. The standard InChI is InChI=1S/C25H24F2N4O4/c1-2-35-23(25(32)29-13-15-7-9-16(10-8-15)24(28)31-34)22-20(26)11-18(12-21(22)27)19-6-4-3-5-17(19)14-30-33/h3-12,23,34H,2,13-14H2,1H3,(H2,28,31)(H,29,32). The molecule has 3 aromatic carbocycles. The van der Waals surface area contributed by atoms with Crippen molar-refractivity contribution >= 4 is 11.7 Å². The lowest BCUT2D eigenvalue weighted by Gasteiger charge is -2.19. The molecule has 0 aliphatic rings. The molecule has 0 saturated heterocycles. The van der Waals surface area contributed by atoms with Crippen LogP contribution in [0.4, 0.5) is 8.78 Å². The summed E-state index contributed by atoms with van der Waals surface area (Å²) in [5.41, 5.74) is 7.38. The molecule has 0 spiro atoms. The molecular formula is C25H24F2N4O4. The van der Waals surface area contributed by atoms with Gasteiger partial charge in [-0.05, 0) is 41.3 Å². The Morgan fingerprint density at radius 1 is 1.11 bits per heavy atom. The first-order valence-corrected chi connectivity index (χ1v) is 10.7. The van der Waals surface area contributed by atoms with Gasteiger partial charge in [-0.2, -0.15) is 4.91 Å². The van der Waals surface area contributed by atoms with Crippen LogP contribution < -0.4 is 11.1 Å². The summed E-state index contributed by atoms with van der Waals surface area (Å²) in [6.45, 7) is 1.57. The van der Waals surface area contributed by atoms with Gasteiger partial charge in [-0.15, -0.1) is 0 Å². The van der Waals surface area contributed by atoms with Crippen LogP contribution in [0.2, 0.25) is 0 Å². The first kappa shape index (κ1) is 25.4. The molecule has 0 aliphatic carbocycles. The Hall–Kier alpha value is -4.18. The van der Waals surface area contributed by atoms with Gasteiger partial charge in [0.1, 0.15) is 18.2 Å². The number of hydrogen-bond acceptors (Lipinski definition) is 6. The molecule has 3 rings (SSSR count). The fourth-order valence-electron chi connectivity index (χ4n) is 3.59. The average Bonchev–Trinajstić information content (AvgIpc) is 2.86. The van der Waals surface area contributed by atoms with Gasteiger partial charge in [0, 0.05) is 18.7 Å². The van der Waals surface area contributed by atoms with Crippen molar-refractivity contribution in [3.8, 4) is 11.1 Å². The Labute approximate surface area is 200 Å². The van der Waals surface area contributed by atoms with E-state index in [0.29, 0.717) is 22.3 Å². The SMILES string of the molecule is CCOC(C(=O)NCc1ccc(C(N)=NO)cc1)c1c(F)cc(-c2ccccc2CN=O)cc1F. The average molecular weight is 482 g/mol. The summed E-state index contributed by atoms with van der Waals surface area (Å²) in [6, 6.07) is 15.4. The number of benzene rings is 3. The minimum Gasteiger partial charge on any atom is -0.409 e. The number of rotatable bonds is 10. The van der Waals surface area contributed by atoms with Gasteiger partial charge in [0.2, 0.25) is 0 Å². The predicted octanol–water partition coefficient (Wildman–Crippen LogP) is 4.39. The monoisotopic (exact) mass is 482 g/mol. The van der Waals surface area contributed by atoms with Gasteiger partial charge in [0.05, 0.1) is 5.56 Å². The molecule has 0 bridgehead atoms. The van der Waals surface area contributed by atoms with E-state index >= 15 is 8.78 Å². The lowest BCUT2D eigenvalue weighted by atomic mass is 9.96. The number of oxime groups is 1. The normalized spacial score (nSPS) is 12.3. The van der Waals surface area contributed by atoms with Crippen LogP contribution in [0.1, 0.15) is 35.3 Å². The van der Waals surface area contributed by atoms with Crippen LogP contribution in [-0.4, -0.2) is 23.6 Å². The zero-order valence-electron chi connectivity index (χ0n) is 18.9. The lowest BCUT2D eigenvalue weighted by Crippen LogP contribution is -2.31. The third-order valence-corrected chi connectivity index (χ3v) is 5.30. The Bertz CT molecular complexity index is 1210. The van der Waals surface area contributed by atoms with Crippen molar-refractivity contribution < 1.29 is 23.5 Å². The molecule has 8 nitrogen and oxygen atoms in total. The number of amides is 1. The highest BCUT2D eigenvalue weighted by Crippen LogP contribution is 2.31. The Morgan fingerprint density at radius 3 is 2.37 bits per heavy atom. The Kier molecular flexibility index (Phi) is 8.58. The van der Waals surface area contributed by atoms with Gasteiger partial charge in [0.25, 0.3) is 5.91 Å². The van der Waals surface area contributed by atoms with Crippen molar-refractivity contribution in [3.05, 3.63) is 99.5 Å². The number of amidine groups is 1. The van der Waals surface area contributed by atoms with Crippen molar-refractivity contribution in [2.45, 2.75) is 26.1 Å². The summed E-state index contributed by atoms with van der Waals surface area (Å²) in [7, 11) is 0. The maximum absolute atomic E-state index is 15.1. The highest BCUT2D eigenvalue weighted by atomic mass is 19.1. The molecule has 1 unspecified atom stereocenters. The molecule has 0 aliphatic heterocycles. The summed E-state index contributed by atoms with van der Waals surface area (Å²) >= 11 is 0. The molecule has 3 aromatic rings. The van der Waals surface area contributed by atoms with E-state index < -0.39 is 29.2 Å². The topological polar surface area (TPSA) is 126 Å². The molecule has 0 radical (unpaired) electrons. The number of nitrogens with zero attached hydrogens (tertiary/aromatic N) is 2. The number of ether oxygens (including phenoxy) is 1. The van der Waals surface area contributed by atoms with Gasteiger partial charge < -0.3 is 21.0 Å². The van der Waals surface area contributed by atoms with Gasteiger partial charge >= 0.3 is 0 Å². The van der Waals surface area contributed by atoms with Crippen molar-refractivity contribution in [1.82, 2.24) is 5.32 Å². The zero-order chi connectivity index (χ0) is 25.4. The molecule has 4 N–H and O–H groups in total. The van der Waals surface area contributed by atoms with Crippen LogP contribution in [0, 0.1) is 16.5 Å². The largest absolute Gasteiger partial charge is 0.409 e. The molecule has 0 heterocycles. The minimum atomic E-state index is -1.52. The number of carbonyl (C=O) groups is 1. The van der Waals surface area contributed by atoms with Crippen molar-refractivity contribution in [2.24, 2.45) is 16.1 Å². The van der Waals surface area contributed by atoms with Gasteiger partial charge in [-0.1, -0.05) is 58.9 Å². The molecule has 1 atom stereocenters. The van der Waals surface area contributed by atoms with E-state index in [1.165, 1.54) is 0 Å². The first-order chi connectivity index (χ1) is 16.9. The number of halogens is 2. The molecule has 10 heteroatoms. The van der Waals surface area contributed by atoms with Gasteiger partial charge in [-0.25, -0.2) is 8.78 Å². The molecule has 35 heavy (non-hydrogen) atoms. The van der Waals surface area contributed by atoms with Crippen molar-refractivity contribution in [2.75, 3.05) is 6.61 Å². The highest BCUT2D eigenvalue weighted by molar-refractivity contribution is 5.97. The van der Waals surface area contributed by atoms with E-state index in [1.54, 1.807) is 55.5 Å². The zero-order valence-corrected chi connectivity index (χ0v) is 18.9. The van der Waals surface area contributed by atoms with Crippen LogP contribution in [0.5, 0.6) is 0 Å². The lowest BCUT2D eigenvalue weighted by molar-refractivity contribution is -0.133. The fourth-order valence-corrected chi connectivity index (χ4v) is 3.59. The molecule has 0 saturated carbocycles. The molecule has 0 aromatic heterocycles. The Balaban J connectivity index is 1.84. The fraction of sp³-hybridized carbons (Fsp3) is 0.200. The van der Waals surface area contributed by atoms with E-state index in [2.05, 4.69) is 15.6 Å². The van der Waals surface area contributed by atoms with Gasteiger partial charge in [0.15, 0.2) is 11.9 Å². The van der Waals surface area contributed by atoms with E-state index in [9.17, 15) is 9.70 Å². The summed E-state index contributed by atoms with van der Waals surface area (Å²) in [5, 5.41) is 17.1. The Morgan fingerprint density at radius 2 is 1.77 bits per heavy atom. The number of carbonyl (C=O) groups excluding carboxylic acids is 1. The second kappa shape index (κ2) is 11.8. The summed E-state index contributed by atoms with van der Waals surface area (Å²) in [4.78, 5) is 23.6. The van der Waals surface area contributed by atoms with Crippen LogP contribution in [0.25, 0.3) is 11.1 Å². The first-order valence-electron chi connectivity index (χ1n) is 10.7. The van der Waals surface area contributed by atoms with Crippen LogP contribution in [0.15, 0.2) is 71.0 Å². The minimum absolute atomic E-state index is 0.0427. The van der Waals surface area contributed by atoms with E-state index in [4.69, 9.17) is 15.7 Å². The maximum atomic E-state index is 15.1. The van der Waals surface area contributed by atoms with E-state index in [1.807, 2.05) is 0 Å². The molecular weight excluding hydrogens is 458 g/mol. The quantitative estimate of drug-likeness (QED) is 0.130. The highest BCUT2D eigenvalue weighted by Gasteiger charge is 2.28. The van der Waals surface area contributed by atoms with Crippen LogP contribution in [0.3, 0.4) is 0 Å². The van der Waals surface area contributed by atoms with E-state index in [0.717, 1.165) is 12.1 Å². The summed E-state index contributed by atoms with van der Waals surface area (Å²) in [6.07, 6.45) is -1.52. The number of nitrogens with one attached hydrogen (secondary N) is 1. The van der Waals surface area contributed by atoms with E-state index in [-0.39, 0.29) is 31.1 Å².